The number of benzene rings is 2. The van der Waals surface area contributed by atoms with Gasteiger partial charge >= 0.3 is 0 Å². The van der Waals surface area contributed by atoms with Gasteiger partial charge in [0, 0.05) is 31.8 Å². The molecule has 2 N–H and O–H groups in total. The van der Waals surface area contributed by atoms with Crippen LogP contribution in [0.5, 0.6) is 0 Å². The highest BCUT2D eigenvalue weighted by atomic mass is 127. The fraction of sp³-hybridized carbons (Fsp3) is 0.409. The Morgan fingerprint density at radius 3 is 2.20 bits per heavy atom. The average molecular weight is 545 g/mol. The minimum atomic E-state index is -3.17. The smallest absolute Gasteiger partial charge is 0.191 e. The quantitative estimate of drug-likeness (QED) is 0.317. The molecule has 0 heterocycles. The van der Waals surface area contributed by atoms with Gasteiger partial charge < -0.3 is 10.6 Å². The van der Waals surface area contributed by atoms with Gasteiger partial charge in [0.15, 0.2) is 15.8 Å². The van der Waals surface area contributed by atoms with Crippen LogP contribution in [-0.2, 0) is 21.7 Å². The molecule has 1 saturated carbocycles. The van der Waals surface area contributed by atoms with Crippen LogP contribution in [0.25, 0.3) is 0 Å². The summed E-state index contributed by atoms with van der Waals surface area (Å²) in [6.45, 7) is 1.43. The Morgan fingerprint density at radius 2 is 1.70 bits per heavy atom. The summed E-state index contributed by atoms with van der Waals surface area (Å²) in [6.07, 6.45) is 5.30. The molecular weight excluding hydrogens is 516 g/mol. The van der Waals surface area contributed by atoms with Gasteiger partial charge in [0.25, 0.3) is 0 Å². The van der Waals surface area contributed by atoms with Crippen LogP contribution in [0.2, 0.25) is 0 Å². The lowest BCUT2D eigenvalue weighted by Gasteiger charge is -2.43. The third-order valence-electron chi connectivity index (χ3n) is 5.64. The number of hydrogen-bond donors (Lipinski definition) is 2. The van der Waals surface area contributed by atoms with Crippen molar-refractivity contribution in [1.82, 2.24) is 10.6 Å². The maximum atomic E-state index is 13.3. The third kappa shape index (κ3) is 6.16. The van der Waals surface area contributed by atoms with Gasteiger partial charge in [-0.3, -0.25) is 4.99 Å². The van der Waals surface area contributed by atoms with E-state index in [1.165, 1.54) is 30.4 Å². The van der Waals surface area contributed by atoms with Gasteiger partial charge in [-0.2, -0.15) is 0 Å². The largest absolute Gasteiger partial charge is 0.356 e. The van der Waals surface area contributed by atoms with E-state index in [2.05, 4.69) is 15.6 Å². The summed E-state index contributed by atoms with van der Waals surface area (Å²) in [5.41, 5.74) is 2.26. The molecule has 1 aliphatic carbocycles. The van der Waals surface area contributed by atoms with E-state index < -0.39 is 9.84 Å². The first-order chi connectivity index (χ1) is 13.8. The number of aliphatic imine (C=N–C) groups is 1. The SMILES string of the molecule is CN=C(NCCc1ccc(S(C)(=O)=O)cc1)NCC1(c2ccc(F)cc2)CCC1.I. The molecule has 0 unspecified atom stereocenters. The molecule has 164 valence electrons. The summed E-state index contributed by atoms with van der Waals surface area (Å²) in [5.74, 6) is 0.518. The molecule has 5 nitrogen and oxygen atoms in total. The predicted octanol–water partition coefficient (Wildman–Crippen LogP) is 3.68. The summed E-state index contributed by atoms with van der Waals surface area (Å²) in [7, 11) is -1.43. The molecule has 1 fully saturated rings. The Morgan fingerprint density at radius 1 is 1.07 bits per heavy atom. The van der Waals surface area contributed by atoms with E-state index >= 15 is 0 Å². The number of guanidine groups is 1. The molecular formula is C22H29FIN3O2S. The molecule has 0 atom stereocenters. The average Bonchev–Trinajstić information content (AvgIpc) is 2.66. The number of hydrogen-bond acceptors (Lipinski definition) is 3. The molecule has 8 heteroatoms. The van der Waals surface area contributed by atoms with Crippen molar-refractivity contribution in [1.29, 1.82) is 0 Å². The van der Waals surface area contributed by atoms with Crippen LogP contribution in [0.4, 0.5) is 4.39 Å². The second-order valence-corrected chi connectivity index (χ2v) is 9.68. The molecule has 3 rings (SSSR count). The number of nitrogens with zero attached hydrogens (tertiary/aromatic N) is 1. The number of halogens is 2. The van der Waals surface area contributed by atoms with Crippen molar-refractivity contribution in [2.45, 2.75) is 36.0 Å². The Balaban J connectivity index is 0.00000320. The van der Waals surface area contributed by atoms with Crippen LogP contribution in [0.15, 0.2) is 58.4 Å². The van der Waals surface area contributed by atoms with Crippen LogP contribution >= 0.6 is 24.0 Å². The zero-order chi connectivity index (χ0) is 20.9. The van der Waals surface area contributed by atoms with Crippen LogP contribution in [-0.4, -0.2) is 40.8 Å². The van der Waals surface area contributed by atoms with Gasteiger partial charge in [-0.15, -0.1) is 24.0 Å². The number of rotatable bonds is 7. The highest BCUT2D eigenvalue weighted by Gasteiger charge is 2.38. The van der Waals surface area contributed by atoms with Crippen molar-refractivity contribution in [3.05, 3.63) is 65.5 Å². The Hall–Kier alpha value is -1.68. The van der Waals surface area contributed by atoms with Crippen LogP contribution in [0, 0.1) is 5.82 Å². The lowest BCUT2D eigenvalue weighted by atomic mass is 9.64. The summed E-state index contributed by atoms with van der Waals surface area (Å²) in [6, 6.07) is 13.8. The molecule has 2 aromatic carbocycles. The van der Waals surface area contributed by atoms with Gasteiger partial charge in [-0.1, -0.05) is 30.7 Å². The number of nitrogens with one attached hydrogen (secondary N) is 2. The van der Waals surface area contributed by atoms with Gasteiger partial charge in [0.1, 0.15) is 5.82 Å². The second-order valence-electron chi connectivity index (χ2n) is 7.66. The van der Waals surface area contributed by atoms with Crippen LogP contribution in [0.3, 0.4) is 0 Å². The van der Waals surface area contributed by atoms with Crippen molar-refractivity contribution in [3.8, 4) is 0 Å². The minimum absolute atomic E-state index is 0. The molecule has 30 heavy (non-hydrogen) atoms. The van der Waals surface area contributed by atoms with Gasteiger partial charge in [-0.25, -0.2) is 12.8 Å². The fourth-order valence-corrected chi connectivity index (χ4v) is 4.31. The molecule has 0 bridgehead atoms. The van der Waals surface area contributed by atoms with E-state index in [1.807, 2.05) is 24.3 Å². The lowest BCUT2D eigenvalue weighted by Crippen LogP contribution is -2.49. The molecule has 2 aromatic rings. The molecule has 1 aliphatic rings. The molecule has 0 saturated heterocycles. The van der Waals surface area contributed by atoms with Crippen molar-refractivity contribution in [2.24, 2.45) is 4.99 Å². The van der Waals surface area contributed by atoms with Gasteiger partial charge in [-0.05, 0) is 54.7 Å². The Labute approximate surface area is 195 Å². The molecule has 0 radical (unpaired) electrons. The van der Waals surface area contributed by atoms with Crippen molar-refractivity contribution < 1.29 is 12.8 Å². The first kappa shape index (κ1) is 24.6. The zero-order valence-corrected chi connectivity index (χ0v) is 20.5. The maximum absolute atomic E-state index is 13.3. The fourth-order valence-electron chi connectivity index (χ4n) is 3.68. The Kier molecular flexibility index (Phi) is 8.66. The summed E-state index contributed by atoms with van der Waals surface area (Å²) < 4.78 is 36.3. The number of sulfone groups is 1. The van der Waals surface area contributed by atoms with Crippen molar-refractivity contribution >= 4 is 39.8 Å². The minimum Gasteiger partial charge on any atom is -0.356 e. The van der Waals surface area contributed by atoms with E-state index in [1.54, 1.807) is 19.2 Å². The van der Waals surface area contributed by atoms with E-state index in [0.717, 1.165) is 37.3 Å². The van der Waals surface area contributed by atoms with E-state index in [4.69, 9.17) is 0 Å². The summed E-state index contributed by atoms with van der Waals surface area (Å²) in [4.78, 5) is 4.62. The summed E-state index contributed by atoms with van der Waals surface area (Å²) in [5, 5.41) is 6.71. The van der Waals surface area contributed by atoms with Gasteiger partial charge in [0.2, 0.25) is 0 Å². The maximum Gasteiger partial charge on any atom is 0.191 e. The summed E-state index contributed by atoms with van der Waals surface area (Å²) >= 11 is 0. The third-order valence-corrected chi connectivity index (χ3v) is 6.77. The normalized spacial score (nSPS) is 15.6. The Bertz CT molecular complexity index is 957. The molecule has 0 amide bonds. The zero-order valence-electron chi connectivity index (χ0n) is 17.3. The second kappa shape index (κ2) is 10.6. The molecule has 0 aliphatic heterocycles. The van der Waals surface area contributed by atoms with Gasteiger partial charge in [0.05, 0.1) is 4.90 Å². The van der Waals surface area contributed by atoms with Crippen molar-refractivity contribution in [2.75, 3.05) is 26.4 Å². The molecule has 0 aromatic heterocycles. The van der Waals surface area contributed by atoms with Crippen LogP contribution in [0.1, 0.15) is 30.4 Å². The van der Waals surface area contributed by atoms with E-state index in [-0.39, 0.29) is 35.2 Å². The highest BCUT2D eigenvalue weighted by molar-refractivity contribution is 14.0. The first-order valence-corrected chi connectivity index (χ1v) is 11.7. The predicted molar refractivity (Wildman–Crippen MR) is 130 cm³/mol. The van der Waals surface area contributed by atoms with E-state index in [0.29, 0.717) is 11.4 Å². The standard InChI is InChI=1S/C22H28FN3O2S.HI/c1-24-21(25-15-12-17-4-10-20(11-5-17)29(2,27)28)26-16-22(13-3-14-22)18-6-8-19(23)9-7-18;/h4-11H,3,12-16H2,1-2H3,(H2,24,25,26);1H. The monoisotopic (exact) mass is 545 g/mol. The van der Waals surface area contributed by atoms with Crippen molar-refractivity contribution in [3.63, 3.8) is 0 Å². The lowest BCUT2D eigenvalue weighted by molar-refractivity contribution is 0.243. The topological polar surface area (TPSA) is 70.6 Å². The van der Waals surface area contributed by atoms with Crippen LogP contribution < -0.4 is 10.6 Å². The highest BCUT2D eigenvalue weighted by Crippen LogP contribution is 2.43. The van der Waals surface area contributed by atoms with E-state index in [9.17, 15) is 12.8 Å². The molecule has 0 spiro atoms. The first-order valence-electron chi connectivity index (χ1n) is 9.82.